The Hall–Kier alpha value is -1.85. The first kappa shape index (κ1) is 24.2. The van der Waals surface area contributed by atoms with Crippen LogP contribution in [0, 0.1) is 5.41 Å². The molecule has 1 aromatic heterocycles. The lowest BCUT2D eigenvalue weighted by Crippen LogP contribution is -2.52. The lowest BCUT2D eigenvalue weighted by atomic mass is 9.58. The molecule has 37 heavy (non-hydrogen) atoms. The number of hydrogen-bond acceptors (Lipinski definition) is 4. The summed E-state index contributed by atoms with van der Waals surface area (Å²) in [6.07, 6.45) is 10.7. The molecule has 0 N–H and O–H groups in total. The normalized spacial score (nSPS) is 27.4. The van der Waals surface area contributed by atoms with Gasteiger partial charge >= 0.3 is 0 Å². The van der Waals surface area contributed by atoms with E-state index in [-0.39, 0.29) is 5.60 Å². The Labute approximate surface area is 229 Å². The molecule has 1 aliphatic heterocycles. The van der Waals surface area contributed by atoms with Gasteiger partial charge < -0.3 is 9.26 Å². The van der Waals surface area contributed by atoms with Crippen molar-refractivity contribution in [2.75, 3.05) is 13.1 Å². The fourth-order valence-electron chi connectivity index (χ4n) is 7.12. The molecule has 4 nitrogen and oxygen atoms in total. The van der Waals surface area contributed by atoms with E-state index in [9.17, 15) is 0 Å². The summed E-state index contributed by atoms with van der Waals surface area (Å²) < 4.78 is 12.7. The second-order valence-corrected chi connectivity index (χ2v) is 12.8. The molecular formula is C31H34Cl2N2O2. The first-order valence-electron chi connectivity index (χ1n) is 13.9. The molecule has 0 amide bonds. The van der Waals surface area contributed by atoms with Gasteiger partial charge in [-0.2, -0.15) is 0 Å². The highest BCUT2D eigenvalue weighted by atomic mass is 35.5. The van der Waals surface area contributed by atoms with Crippen LogP contribution in [-0.4, -0.2) is 28.7 Å². The predicted molar refractivity (Wildman–Crippen MR) is 147 cm³/mol. The smallest absolute Gasteiger partial charge is 0.145 e. The topological polar surface area (TPSA) is 38.5 Å². The number of rotatable bonds is 7. The van der Waals surface area contributed by atoms with Gasteiger partial charge in [0.05, 0.1) is 22.3 Å². The molecule has 2 aromatic carbocycles. The predicted octanol–water partition coefficient (Wildman–Crippen LogP) is 8.19. The largest absolute Gasteiger partial charge is 0.370 e. The summed E-state index contributed by atoms with van der Waals surface area (Å²) in [4.78, 5) is 2.71. The van der Waals surface area contributed by atoms with E-state index in [4.69, 9.17) is 32.5 Å². The summed E-state index contributed by atoms with van der Waals surface area (Å²) in [5.74, 6) is 1.41. The Kier molecular flexibility index (Phi) is 6.16. The van der Waals surface area contributed by atoms with Crippen LogP contribution in [0.2, 0.25) is 10.0 Å². The summed E-state index contributed by atoms with van der Waals surface area (Å²) in [5, 5.41) is 5.65. The van der Waals surface area contributed by atoms with E-state index in [1.807, 2.05) is 18.2 Å². The molecule has 6 heteroatoms. The van der Waals surface area contributed by atoms with E-state index in [2.05, 4.69) is 34.3 Å². The van der Waals surface area contributed by atoms with Crippen LogP contribution in [0.15, 0.2) is 47.0 Å². The molecule has 4 aliphatic carbocycles. The van der Waals surface area contributed by atoms with Crippen LogP contribution in [0.5, 0.6) is 0 Å². The molecule has 4 fully saturated rings. The molecule has 0 atom stereocenters. The molecule has 0 saturated heterocycles. The molecule has 5 aliphatic rings. The molecule has 0 radical (unpaired) electrons. The van der Waals surface area contributed by atoms with Crippen molar-refractivity contribution in [3.63, 3.8) is 0 Å². The van der Waals surface area contributed by atoms with Gasteiger partial charge in [0.15, 0.2) is 0 Å². The van der Waals surface area contributed by atoms with Crippen molar-refractivity contribution in [1.82, 2.24) is 10.1 Å². The molecule has 194 valence electrons. The number of benzene rings is 2. The number of aromatic nitrogens is 1. The SMILES string of the molecule is Clc1cccc(Cl)c1-c1noc(C2CC2)c1COC12CCC(CN3CCc4ccccc4C3)(CC1)CC2. The number of halogens is 2. The third-order valence-corrected chi connectivity index (χ3v) is 10.2. The number of ether oxygens (including phenoxy) is 1. The van der Waals surface area contributed by atoms with Gasteiger partial charge in [-0.3, -0.25) is 4.90 Å². The minimum Gasteiger partial charge on any atom is -0.370 e. The average molecular weight is 538 g/mol. The van der Waals surface area contributed by atoms with Gasteiger partial charge in [-0.1, -0.05) is 58.7 Å². The highest BCUT2D eigenvalue weighted by Crippen LogP contribution is 2.55. The van der Waals surface area contributed by atoms with Gasteiger partial charge in [-0.05, 0) is 86.5 Å². The fraction of sp³-hybridized carbons (Fsp3) is 0.516. The van der Waals surface area contributed by atoms with Crippen LogP contribution >= 0.6 is 23.2 Å². The summed E-state index contributed by atoms with van der Waals surface area (Å²) in [7, 11) is 0. The minimum absolute atomic E-state index is 0.0319. The first-order valence-corrected chi connectivity index (χ1v) is 14.6. The number of hydrogen-bond donors (Lipinski definition) is 0. The van der Waals surface area contributed by atoms with E-state index in [1.165, 1.54) is 49.9 Å². The third-order valence-electron chi connectivity index (χ3n) is 9.59. The van der Waals surface area contributed by atoms with Gasteiger partial charge in [0, 0.05) is 36.7 Å². The molecule has 4 saturated carbocycles. The van der Waals surface area contributed by atoms with Crippen LogP contribution < -0.4 is 0 Å². The van der Waals surface area contributed by atoms with E-state index in [0.717, 1.165) is 61.2 Å². The molecule has 0 spiro atoms. The van der Waals surface area contributed by atoms with Crippen molar-refractivity contribution in [2.45, 2.75) is 82.5 Å². The number of fused-ring (bicyclic) bond motifs is 4. The van der Waals surface area contributed by atoms with Crippen LogP contribution in [0.4, 0.5) is 0 Å². The highest BCUT2D eigenvalue weighted by molar-refractivity contribution is 6.39. The van der Waals surface area contributed by atoms with E-state index in [1.54, 1.807) is 0 Å². The summed E-state index contributed by atoms with van der Waals surface area (Å²) in [6.45, 7) is 4.03. The maximum Gasteiger partial charge on any atom is 0.145 e. The Balaban J connectivity index is 1.05. The van der Waals surface area contributed by atoms with Crippen molar-refractivity contribution in [2.24, 2.45) is 5.41 Å². The lowest BCUT2D eigenvalue weighted by Gasteiger charge is -2.54. The van der Waals surface area contributed by atoms with Crippen molar-refractivity contribution >= 4 is 23.2 Å². The van der Waals surface area contributed by atoms with Gasteiger partial charge in [-0.25, -0.2) is 0 Å². The number of nitrogens with zero attached hydrogens (tertiary/aromatic N) is 2. The van der Waals surface area contributed by atoms with Crippen molar-refractivity contribution < 1.29 is 9.26 Å². The zero-order valence-corrected chi connectivity index (χ0v) is 22.8. The Morgan fingerprint density at radius 3 is 2.32 bits per heavy atom. The second-order valence-electron chi connectivity index (χ2n) is 11.9. The summed E-state index contributed by atoms with van der Waals surface area (Å²) in [6, 6.07) is 14.6. The molecule has 0 unspecified atom stereocenters. The second kappa shape index (κ2) is 9.41. The molecule has 3 aromatic rings. The van der Waals surface area contributed by atoms with E-state index >= 15 is 0 Å². The van der Waals surface area contributed by atoms with Crippen molar-refractivity contribution in [3.05, 3.63) is 75.0 Å². The monoisotopic (exact) mass is 536 g/mol. The molecular weight excluding hydrogens is 503 g/mol. The van der Waals surface area contributed by atoms with Crippen LogP contribution in [0.1, 0.15) is 79.7 Å². The van der Waals surface area contributed by atoms with Gasteiger partial charge in [-0.15, -0.1) is 0 Å². The van der Waals surface area contributed by atoms with Gasteiger partial charge in [0.1, 0.15) is 11.5 Å². The Morgan fingerprint density at radius 2 is 1.62 bits per heavy atom. The van der Waals surface area contributed by atoms with E-state index in [0.29, 0.717) is 28.0 Å². The quantitative estimate of drug-likeness (QED) is 0.305. The van der Waals surface area contributed by atoms with E-state index < -0.39 is 0 Å². The molecule has 2 heterocycles. The first-order chi connectivity index (χ1) is 18.0. The standard InChI is InChI=1S/C31H34Cl2N2O2/c32-25-6-3-7-26(33)27(25)28-24(29(37-34-28)22-8-9-22)19-36-31-14-11-30(12-15-31,13-16-31)20-35-17-10-21-4-1-2-5-23(21)18-35/h1-7,22H,8-20H2. The van der Waals surface area contributed by atoms with Crippen LogP contribution in [0.25, 0.3) is 11.3 Å². The van der Waals surface area contributed by atoms with Crippen molar-refractivity contribution in [1.29, 1.82) is 0 Å². The summed E-state index contributed by atoms with van der Waals surface area (Å²) >= 11 is 13.1. The zero-order chi connectivity index (χ0) is 25.0. The zero-order valence-electron chi connectivity index (χ0n) is 21.3. The summed E-state index contributed by atoms with van der Waals surface area (Å²) in [5.41, 5.74) is 6.02. The lowest BCUT2D eigenvalue weighted by molar-refractivity contribution is -0.148. The third kappa shape index (κ3) is 4.54. The molecule has 8 rings (SSSR count). The van der Waals surface area contributed by atoms with Crippen LogP contribution in [0.3, 0.4) is 0 Å². The fourth-order valence-corrected chi connectivity index (χ4v) is 7.70. The highest BCUT2D eigenvalue weighted by Gasteiger charge is 2.50. The maximum absolute atomic E-state index is 6.84. The van der Waals surface area contributed by atoms with Crippen LogP contribution in [-0.2, 0) is 24.3 Å². The minimum atomic E-state index is -0.0319. The van der Waals surface area contributed by atoms with Crippen molar-refractivity contribution in [3.8, 4) is 11.3 Å². The average Bonchev–Trinajstić information content (AvgIpc) is 3.68. The maximum atomic E-state index is 6.84. The Morgan fingerprint density at radius 1 is 0.919 bits per heavy atom. The van der Waals surface area contributed by atoms with Gasteiger partial charge in [0.2, 0.25) is 0 Å². The Bertz CT molecular complexity index is 1270. The molecule has 2 bridgehead atoms. The van der Waals surface area contributed by atoms with Gasteiger partial charge in [0.25, 0.3) is 0 Å².